The van der Waals surface area contributed by atoms with Crippen molar-refractivity contribution in [2.75, 3.05) is 13.2 Å². The van der Waals surface area contributed by atoms with Gasteiger partial charge in [0.15, 0.2) is 0 Å². The standard InChI is InChI=1S/C27H24N6O2/c1-17(25-30-20-8-4-5-9-21(20)31-25)26-32-22-12-11-18(15-23(22)33(26)2)27(34)29-13-14-35-24-10-6-3-7-19(24)16-28/h3-12,15,17H,13-14H2,1-2H3,(H,29,34)(H,30,31). The van der Waals surface area contributed by atoms with E-state index in [2.05, 4.69) is 23.3 Å². The molecule has 174 valence electrons. The molecule has 35 heavy (non-hydrogen) atoms. The number of aryl methyl sites for hydroxylation is 1. The lowest BCUT2D eigenvalue weighted by Crippen LogP contribution is -2.28. The van der Waals surface area contributed by atoms with Crippen molar-refractivity contribution in [3.63, 3.8) is 0 Å². The first-order valence-electron chi connectivity index (χ1n) is 11.4. The van der Waals surface area contributed by atoms with E-state index in [1.54, 1.807) is 30.3 Å². The van der Waals surface area contributed by atoms with Gasteiger partial charge in [0.2, 0.25) is 0 Å². The largest absolute Gasteiger partial charge is 0.490 e. The van der Waals surface area contributed by atoms with Crippen LogP contribution < -0.4 is 10.1 Å². The molecule has 2 aromatic heterocycles. The summed E-state index contributed by atoms with van der Waals surface area (Å²) in [5, 5.41) is 12.0. The minimum absolute atomic E-state index is 0.0505. The lowest BCUT2D eigenvalue weighted by molar-refractivity contribution is 0.0947. The van der Waals surface area contributed by atoms with Crippen LogP contribution in [0.4, 0.5) is 0 Å². The Morgan fingerprint density at radius 2 is 1.91 bits per heavy atom. The maximum Gasteiger partial charge on any atom is 0.251 e. The summed E-state index contributed by atoms with van der Waals surface area (Å²) in [5.74, 6) is 1.97. The van der Waals surface area contributed by atoms with Crippen LogP contribution in [0.2, 0.25) is 0 Å². The van der Waals surface area contributed by atoms with Gasteiger partial charge in [-0.3, -0.25) is 4.79 Å². The van der Waals surface area contributed by atoms with Crippen molar-refractivity contribution < 1.29 is 9.53 Å². The number of carbonyl (C=O) groups is 1. The molecule has 0 saturated carbocycles. The first kappa shape index (κ1) is 22.2. The number of nitriles is 1. The number of aromatic amines is 1. The van der Waals surface area contributed by atoms with E-state index in [1.807, 2.05) is 48.0 Å². The topological polar surface area (TPSA) is 109 Å². The molecule has 0 aliphatic rings. The number of para-hydroxylation sites is 3. The van der Waals surface area contributed by atoms with Crippen LogP contribution in [0.5, 0.6) is 5.75 Å². The highest BCUT2D eigenvalue weighted by molar-refractivity contribution is 5.97. The van der Waals surface area contributed by atoms with Gasteiger partial charge in [-0.25, -0.2) is 9.97 Å². The highest BCUT2D eigenvalue weighted by atomic mass is 16.5. The molecule has 0 aliphatic heterocycles. The van der Waals surface area contributed by atoms with Crippen LogP contribution in [0.3, 0.4) is 0 Å². The Labute approximate surface area is 202 Å². The number of aromatic nitrogens is 4. The molecular formula is C27H24N6O2. The fraction of sp³-hybridized carbons (Fsp3) is 0.185. The van der Waals surface area contributed by atoms with Crippen LogP contribution in [-0.4, -0.2) is 38.6 Å². The van der Waals surface area contributed by atoms with Gasteiger partial charge in [0.25, 0.3) is 5.91 Å². The molecule has 1 atom stereocenters. The van der Waals surface area contributed by atoms with Crippen molar-refractivity contribution in [3.05, 3.63) is 89.5 Å². The minimum Gasteiger partial charge on any atom is -0.490 e. The summed E-state index contributed by atoms with van der Waals surface area (Å²) in [5.41, 5.74) is 4.61. The van der Waals surface area contributed by atoms with Crippen LogP contribution in [0.15, 0.2) is 66.7 Å². The molecule has 2 heterocycles. The Morgan fingerprint density at radius 3 is 2.74 bits per heavy atom. The van der Waals surface area contributed by atoms with Gasteiger partial charge < -0.3 is 19.6 Å². The van der Waals surface area contributed by atoms with Gasteiger partial charge in [-0.2, -0.15) is 5.26 Å². The molecule has 8 nitrogen and oxygen atoms in total. The van der Waals surface area contributed by atoms with Gasteiger partial charge in [0.1, 0.15) is 30.1 Å². The van der Waals surface area contributed by atoms with Gasteiger partial charge in [0.05, 0.1) is 40.1 Å². The van der Waals surface area contributed by atoms with Crippen molar-refractivity contribution in [3.8, 4) is 11.8 Å². The summed E-state index contributed by atoms with van der Waals surface area (Å²) in [7, 11) is 1.95. The number of fused-ring (bicyclic) bond motifs is 2. The second-order valence-electron chi connectivity index (χ2n) is 8.31. The number of amides is 1. The van der Waals surface area contributed by atoms with E-state index in [-0.39, 0.29) is 18.4 Å². The van der Waals surface area contributed by atoms with Crippen molar-refractivity contribution in [2.45, 2.75) is 12.8 Å². The molecule has 5 aromatic rings. The Hall–Kier alpha value is -4.64. The number of nitrogens with zero attached hydrogens (tertiary/aromatic N) is 4. The molecule has 1 amide bonds. The van der Waals surface area contributed by atoms with Crippen molar-refractivity contribution >= 4 is 28.0 Å². The molecular weight excluding hydrogens is 440 g/mol. The lowest BCUT2D eigenvalue weighted by atomic mass is 10.1. The summed E-state index contributed by atoms with van der Waals surface area (Å²) in [4.78, 5) is 25.6. The van der Waals surface area contributed by atoms with Crippen LogP contribution in [0, 0.1) is 11.3 Å². The van der Waals surface area contributed by atoms with Gasteiger partial charge in [-0.05, 0) is 49.4 Å². The average molecular weight is 465 g/mol. The van der Waals surface area contributed by atoms with Crippen LogP contribution in [0.1, 0.15) is 40.4 Å². The first-order valence-corrected chi connectivity index (χ1v) is 11.4. The summed E-state index contributed by atoms with van der Waals surface area (Å²) in [6.45, 7) is 2.64. The number of rotatable bonds is 7. The minimum atomic E-state index is -0.197. The molecule has 8 heteroatoms. The van der Waals surface area contributed by atoms with Crippen LogP contribution >= 0.6 is 0 Å². The molecule has 0 aliphatic carbocycles. The quantitative estimate of drug-likeness (QED) is 0.350. The smallest absolute Gasteiger partial charge is 0.251 e. The number of hydrogen-bond acceptors (Lipinski definition) is 5. The van der Waals surface area contributed by atoms with E-state index in [0.717, 1.165) is 33.7 Å². The SMILES string of the molecule is CC(c1nc2ccccc2[nH]1)c1nc2ccc(C(=O)NCCOc3ccccc3C#N)cc2n1C. The van der Waals surface area contributed by atoms with Crippen molar-refractivity contribution in [2.24, 2.45) is 7.05 Å². The van der Waals surface area contributed by atoms with E-state index < -0.39 is 0 Å². The van der Waals surface area contributed by atoms with Crippen molar-refractivity contribution in [1.82, 2.24) is 24.8 Å². The third kappa shape index (κ3) is 4.32. The van der Waals surface area contributed by atoms with E-state index in [4.69, 9.17) is 20.0 Å². The molecule has 3 aromatic carbocycles. The number of hydrogen-bond donors (Lipinski definition) is 2. The fourth-order valence-corrected chi connectivity index (χ4v) is 4.15. The zero-order valence-corrected chi connectivity index (χ0v) is 19.4. The third-order valence-corrected chi connectivity index (χ3v) is 6.04. The van der Waals surface area contributed by atoms with E-state index in [0.29, 0.717) is 23.4 Å². The van der Waals surface area contributed by atoms with Gasteiger partial charge >= 0.3 is 0 Å². The maximum absolute atomic E-state index is 12.7. The number of benzene rings is 3. The molecule has 0 bridgehead atoms. The maximum atomic E-state index is 12.7. The number of imidazole rings is 2. The Balaban J connectivity index is 1.29. The van der Waals surface area contributed by atoms with E-state index >= 15 is 0 Å². The molecule has 5 rings (SSSR count). The lowest BCUT2D eigenvalue weighted by Gasteiger charge is -2.10. The van der Waals surface area contributed by atoms with Crippen LogP contribution in [0.25, 0.3) is 22.1 Å². The van der Waals surface area contributed by atoms with Gasteiger partial charge in [-0.15, -0.1) is 0 Å². The third-order valence-electron chi connectivity index (χ3n) is 6.04. The van der Waals surface area contributed by atoms with Crippen LogP contribution in [-0.2, 0) is 7.05 Å². The molecule has 0 fully saturated rings. The first-order chi connectivity index (χ1) is 17.0. The zero-order valence-electron chi connectivity index (χ0n) is 19.4. The normalized spacial score (nSPS) is 11.9. The predicted molar refractivity (Wildman–Crippen MR) is 133 cm³/mol. The summed E-state index contributed by atoms with van der Waals surface area (Å²) in [6, 6.07) is 22.5. The van der Waals surface area contributed by atoms with E-state index in [1.165, 1.54) is 0 Å². The molecule has 0 spiro atoms. The number of nitrogens with one attached hydrogen (secondary N) is 2. The predicted octanol–water partition coefficient (Wildman–Crippen LogP) is 4.28. The molecule has 1 unspecified atom stereocenters. The number of ether oxygens (including phenoxy) is 1. The highest BCUT2D eigenvalue weighted by Gasteiger charge is 2.20. The number of H-pyrrole nitrogens is 1. The zero-order chi connectivity index (χ0) is 24.4. The summed E-state index contributed by atoms with van der Waals surface area (Å²) < 4.78 is 7.64. The Bertz CT molecular complexity index is 1540. The fourth-order valence-electron chi connectivity index (χ4n) is 4.15. The van der Waals surface area contributed by atoms with Crippen molar-refractivity contribution in [1.29, 1.82) is 5.26 Å². The van der Waals surface area contributed by atoms with Gasteiger partial charge in [0, 0.05) is 12.6 Å². The molecule has 0 saturated heterocycles. The molecule has 0 radical (unpaired) electrons. The molecule has 2 N–H and O–H groups in total. The average Bonchev–Trinajstić information content (AvgIpc) is 3.47. The monoisotopic (exact) mass is 464 g/mol. The summed E-state index contributed by atoms with van der Waals surface area (Å²) in [6.07, 6.45) is 0. The Morgan fingerprint density at radius 1 is 1.11 bits per heavy atom. The Kier molecular flexibility index (Phi) is 5.90. The number of carbonyl (C=O) groups excluding carboxylic acids is 1. The van der Waals surface area contributed by atoms with E-state index in [9.17, 15) is 4.79 Å². The second-order valence-corrected chi connectivity index (χ2v) is 8.31. The summed E-state index contributed by atoms with van der Waals surface area (Å²) >= 11 is 0. The highest BCUT2D eigenvalue weighted by Crippen LogP contribution is 2.27. The second kappa shape index (κ2) is 9.31. The van der Waals surface area contributed by atoms with Gasteiger partial charge in [-0.1, -0.05) is 24.3 Å².